The number of nitrogens with zero attached hydrogens (tertiary/aromatic N) is 3. The lowest BCUT2D eigenvalue weighted by Crippen LogP contribution is -2.47. The van der Waals surface area contributed by atoms with Gasteiger partial charge in [-0.1, -0.05) is 41.5 Å². The molecule has 11 heteroatoms. The van der Waals surface area contributed by atoms with Crippen LogP contribution in [0.4, 0.5) is 0 Å². The molecule has 2 saturated carbocycles. The Labute approximate surface area is 278 Å². The van der Waals surface area contributed by atoms with E-state index in [1.165, 1.54) is 16.7 Å². The van der Waals surface area contributed by atoms with E-state index in [-0.39, 0.29) is 23.1 Å². The number of rotatable bonds is 10. The Morgan fingerprint density at radius 2 is 1.15 bits per heavy atom. The van der Waals surface area contributed by atoms with Gasteiger partial charge in [-0.15, -0.1) is 0 Å². The predicted molar refractivity (Wildman–Crippen MR) is 185 cm³/mol. The van der Waals surface area contributed by atoms with Crippen molar-refractivity contribution in [2.24, 2.45) is 0 Å². The highest BCUT2D eigenvalue weighted by molar-refractivity contribution is 6.06. The zero-order chi connectivity index (χ0) is 33.1. The summed E-state index contributed by atoms with van der Waals surface area (Å²) in [6.07, 6.45) is 10.5. The molecule has 2 aliphatic carbocycles. The molecule has 0 aliphatic heterocycles. The van der Waals surface area contributed by atoms with Crippen molar-refractivity contribution in [3.63, 3.8) is 0 Å². The van der Waals surface area contributed by atoms with Gasteiger partial charge in [0.1, 0.15) is 11.0 Å². The van der Waals surface area contributed by atoms with Gasteiger partial charge in [-0.05, 0) is 87.1 Å². The van der Waals surface area contributed by atoms with Crippen molar-refractivity contribution in [1.29, 1.82) is 0 Å². The van der Waals surface area contributed by atoms with Crippen molar-refractivity contribution in [3.05, 3.63) is 125 Å². The number of pyridine rings is 1. The first-order valence-electron chi connectivity index (χ1n) is 16.3. The Morgan fingerprint density at radius 3 is 1.62 bits per heavy atom. The largest absolute Gasteiger partial charge is 0.345 e. The van der Waals surface area contributed by atoms with Crippen LogP contribution in [0.5, 0.6) is 0 Å². The van der Waals surface area contributed by atoms with E-state index < -0.39 is 0 Å². The maximum Gasteiger partial charge on any atom is 0.254 e. The molecule has 6 aromatic rings. The van der Waals surface area contributed by atoms with Crippen molar-refractivity contribution >= 4 is 33.9 Å². The second-order valence-corrected chi connectivity index (χ2v) is 12.8. The molecular formula is C37H39N9O2. The fourth-order valence-electron chi connectivity index (χ4n) is 6.02. The summed E-state index contributed by atoms with van der Waals surface area (Å²) in [5.74, 6) is -0.175. The van der Waals surface area contributed by atoms with Crippen molar-refractivity contribution in [3.8, 4) is 0 Å². The third-order valence-electron chi connectivity index (χ3n) is 8.89. The first kappa shape index (κ1) is 31.2. The van der Waals surface area contributed by atoms with Crippen LogP contribution in [0.2, 0.25) is 0 Å². The van der Waals surface area contributed by atoms with Gasteiger partial charge in [-0.25, -0.2) is 9.97 Å². The molecule has 6 N–H and O–H groups in total. The molecular weight excluding hydrogens is 602 g/mol. The summed E-state index contributed by atoms with van der Waals surface area (Å²) in [7, 11) is 0. The number of aromatic nitrogens is 5. The number of nitrogens with one attached hydrogen (secondary N) is 6. The van der Waals surface area contributed by atoms with Crippen molar-refractivity contribution < 1.29 is 9.59 Å². The van der Waals surface area contributed by atoms with Crippen molar-refractivity contribution in [2.75, 3.05) is 0 Å². The van der Waals surface area contributed by atoms with Crippen molar-refractivity contribution in [2.45, 2.75) is 63.9 Å². The lowest BCUT2D eigenvalue weighted by molar-refractivity contribution is 0.0914. The first-order valence-corrected chi connectivity index (χ1v) is 16.3. The number of aromatic amines is 2. The van der Waals surface area contributed by atoms with Gasteiger partial charge in [0.15, 0.2) is 0 Å². The van der Waals surface area contributed by atoms with Gasteiger partial charge in [0.05, 0.1) is 46.1 Å². The third kappa shape index (κ3) is 7.12. The van der Waals surface area contributed by atoms with E-state index in [0.29, 0.717) is 28.7 Å². The SMILES string of the molecule is Cc1cc(C)cc(CNC2(NC(=O)c3cccc4[nH]cnc34)CC2)c1.O=C(NC1(NCc2ccncc2)CC1)c1cccc2[nH]cnc12. The molecule has 2 amide bonds. The maximum absolute atomic E-state index is 12.7. The van der Waals surface area contributed by atoms with E-state index in [1.807, 2.05) is 42.5 Å². The van der Waals surface area contributed by atoms with E-state index in [4.69, 9.17) is 0 Å². The molecule has 2 fully saturated rings. The summed E-state index contributed by atoms with van der Waals surface area (Å²) in [6, 6.07) is 21.7. The summed E-state index contributed by atoms with van der Waals surface area (Å²) < 4.78 is 0. The van der Waals surface area contributed by atoms with Crippen LogP contribution in [0, 0.1) is 13.8 Å². The Kier molecular flexibility index (Phi) is 8.47. The maximum atomic E-state index is 12.7. The van der Waals surface area contributed by atoms with E-state index in [9.17, 15) is 9.59 Å². The number of benzene rings is 3. The molecule has 0 spiro atoms. The Balaban J connectivity index is 0.000000152. The molecule has 8 rings (SSSR count). The minimum Gasteiger partial charge on any atom is -0.345 e. The molecule has 0 bridgehead atoms. The van der Waals surface area contributed by atoms with E-state index in [2.05, 4.69) is 78.2 Å². The number of carbonyl (C=O) groups excluding carboxylic acids is 2. The molecule has 3 heterocycles. The fourth-order valence-corrected chi connectivity index (χ4v) is 6.02. The van der Waals surface area contributed by atoms with Crippen LogP contribution in [-0.2, 0) is 13.1 Å². The first-order chi connectivity index (χ1) is 23.3. The average Bonchev–Trinajstić information content (AvgIpc) is 3.89. The van der Waals surface area contributed by atoms with Gasteiger partial charge in [0.2, 0.25) is 0 Å². The highest BCUT2D eigenvalue weighted by Gasteiger charge is 2.44. The Morgan fingerprint density at radius 1 is 0.667 bits per heavy atom. The van der Waals surface area contributed by atoms with Crippen LogP contribution < -0.4 is 21.3 Å². The molecule has 3 aromatic carbocycles. The predicted octanol–water partition coefficient (Wildman–Crippen LogP) is 5.16. The summed E-state index contributed by atoms with van der Waals surface area (Å²) in [5, 5.41) is 13.2. The van der Waals surface area contributed by atoms with Crippen LogP contribution in [0.1, 0.15) is 68.7 Å². The molecule has 48 heavy (non-hydrogen) atoms. The van der Waals surface area contributed by atoms with Gasteiger partial charge < -0.3 is 20.6 Å². The normalized spacial score (nSPS) is 15.4. The van der Waals surface area contributed by atoms with E-state index >= 15 is 0 Å². The lowest BCUT2D eigenvalue weighted by atomic mass is 10.1. The lowest BCUT2D eigenvalue weighted by Gasteiger charge is -2.20. The zero-order valence-corrected chi connectivity index (χ0v) is 27.1. The van der Waals surface area contributed by atoms with Crippen LogP contribution >= 0.6 is 0 Å². The molecule has 0 unspecified atom stereocenters. The molecule has 11 nitrogen and oxygen atoms in total. The highest BCUT2D eigenvalue weighted by Crippen LogP contribution is 2.34. The summed E-state index contributed by atoms with van der Waals surface area (Å²) in [5.41, 5.74) is 8.67. The van der Waals surface area contributed by atoms with Crippen LogP contribution in [0.15, 0.2) is 91.8 Å². The number of amides is 2. The second-order valence-electron chi connectivity index (χ2n) is 12.8. The van der Waals surface area contributed by atoms with Gasteiger partial charge in [0, 0.05) is 25.5 Å². The number of fused-ring (bicyclic) bond motifs is 2. The molecule has 2 aliphatic rings. The number of aryl methyl sites for hydroxylation is 2. The number of imidazole rings is 2. The minimum absolute atomic E-state index is 0.0804. The zero-order valence-electron chi connectivity index (χ0n) is 27.1. The number of hydrogen-bond acceptors (Lipinski definition) is 7. The molecule has 0 atom stereocenters. The molecule has 0 radical (unpaired) electrons. The Hall–Kier alpha value is -5.39. The number of hydrogen-bond donors (Lipinski definition) is 6. The van der Waals surface area contributed by atoms with Crippen molar-refractivity contribution in [1.82, 2.24) is 46.2 Å². The van der Waals surface area contributed by atoms with Gasteiger partial charge in [0.25, 0.3) is 11.8 Å². The number of carbonyl (C=O) groups is 2. The minimum atomic E-state index is -0.307. The molecule has 0 saturated heterocycles. The second kappa shape index (κ2) is 13.0. The average molecular weight is 642 g/mol. The van der Waals surface area contributed by atoms with Gasteiger partial charge in [-0.2, -0.15) is 0 Å². The smallest absolute Gasteiger partial charge is 0.254 e. The van der Waals surface area contributed by atoms with Crippen LogP contribution in [0.25, 0.3) is 22.1 Å². The Bertz CT molecular complexity index is 2060. The number of H-pyrrole nitrogens is 2. The van der Waals surface area contributed by atoms with Crippen LogP contribution in [-0.4, -0.2) is 48.1 Å². The topological polar surface area (TPSA) is 153 Å². The van der Waals surface area contributed by atoms with E-state index in [0.717, 1.165) is 48.8 Å². The molecule has 3 aromatic heterocycles. The standard InChI is InChI=1S/C20H22N4O.C17H17N5O/c1-13-8-14(2)10-15(9-13)11-23-20(6-7-20)24-19(25)16-4-3-5-17-18(16)22-12-21-17;23-16(13-2-1-3-14-15(13)20-11-19-14)22-17(6-7-17)21-10-12-4-8-18-9-5-12/h3-5,8-10,12,23H,6-7,11H2,1-2H3,(H,21,22)(H,24,25);1-5,8-9,11,21H,6-7,10H2,(H,19,20)(H,22,23). The highest BCUT2D eigenvalue weighted by atomic mass is 16.2. The summed E-state index contributed by atoms with van der Waals surface area (Å²) >= 11 is 0. The monoisotopic (exact) mass is 641 g/mol. The quantitative estimate of drug-likeness (QED) is 0.113. The summed E-state index contributed by atoms with van der Waals surface area (Å²) in [6.45, 7) is 5.66. The summed E-state index contributed by atoms with van der Waals surface area (Å²) in [4.78, 5) is 43.9. The van der Waals surface area contributed by atoms with Crippen LogP contribution in [0.3, 0.4) is 0 Å². The number of para-hydroxylation sites is 2. The fraction of sp³-hybridized carbons (Fsp3) is 0.270. The third-order valence-corrected chi connectivity index (χ3v) is 8.89. The van der Waals surface area contributed by atoms with E-state index in [1.54, 1.807) is 31.1 Å². The van der Waals surface area contributed by atoms with Gasteiger partial charge >= 0.3 is 0 Å². The van der Waals surface area contributed by atoms with Gasteiger partial charge in [-0.3, -0.25) is 25.2 Å². The molecule has 244 valence electrons.